The summed E-state index contributed by atoms with van der Waals surface area (Å²) in [6.45, 7) is 0. The first kappa shape index (κ1) is 13.4. The fourth-order valence-electron chi connectivity index (χ4n) is 2.71. The minimum Gasteiger partial charge on any atom is -0.315 e. The van der Waals surface area contributed by atoms with Gasteiger partial charge in [0.15, 0.2) is 0 Å². The standard InChI is InChI=1S/C18H16N2O/c1-20(16-9-7-14(13-19)8-10-16)17(21)18(11-12-18)15-5-3-2-4-6-15/h2-10H,11-12H2,1H3. The zero-order valence-electron chi connectivity index (χ0n) is 11.9. The van der Waals surface area contributed by atoms with Crippen molar-refractivity contribution in [3.63, 3.8) is 0 Å². The monoisotopic (exact) mass is 276 g/mol. The number of anilines is 1. The summed E-state index contributed by atoms with van der Waals surface area (Å²) in [6.07, 6.45) is 1.80. The number of hydrogen-bond donors (Lipinski definition) is 0. The van der Waals surface area contributed by atoms with Crippen LogP contribution in [0.3, 0.4) is 0 Å². The molecular formula is C18H16N2O. The Bertz CT molecular complexity index is 694. The van der Waals surface area contributed by atoms with Crippen molar-refractivity contribution in [1.82, 2.24) is 0 Å². The Kier molecular flexibility index (Phi) is 3.23. The predicted octanol–water partition coefficient (Wildman–Crippen LogP) is 3.25. The van der Waals surface area contributed by atoms with E-state index in [1.54, 1.807) is 24.1 Å². The smallest absolute Gasteiger partial charge is 0.237 e. The van der Waals surface area contributed by atoms with Gasteiger partial charge in [0.1, 0.15) is 0 Å². The van der Waals surface area contributed by atoms with Gasteiger partial charge < -0.3 is 4.90 Å². The van der Waals surface area contributed by atoms with Crippen molar-refractivity contribution in [2.24, 2.45) is 0 Å². The lowest BCUT2D eigenvalue weighted by molar-refractivity contribution is -0.120. The predicted molar refractivity (Wildman–Crippen MR) is 81.9 cm³/mol. The number of amides is 1. The van der Waals surface area contributed by atoms with E-state index in [0.717, 1.165) is 24.1 Å². The molecular weight excluding hydrogens is 260 g/mol. The Labute approximate surface area is 124 Å². The molecule has 2 aromatic carbocycles. The van der Waals surface area contributed by atoms with Crippen LogP contribution in [0, 0.1) is 11.3 Å². The summed E-state index contributed by atoms with van der Waals surface area (Å²) in [5.74, 6) is 0.124. The maximum absolute atomic E-state index is 12.8. The maximum Gasteiger partial charge on any atom is 0.237 e. The van der Waals surface area contributed by atoms with Gasteiger partial charge >= 0.3 is 0 Å². The van der Waals surface area contributed by atoms with Crippen LogP contribution in [0.2, 0.25) is 0 Å². The van der Waals surface area contributed by atoms with E-state index in [4.69, 9.17) is 5.26 Å². The average molecular weight is 276 g/mol. The minimum absolute atomic E-state index is 0.124. The van der Waals surface area contributed by atoms with E-state index < -0.39 is 0 Å². The molecule has 0 bridgehead atoms. The normalized spacial score (nSPS) is 15.0. The van der Waals surface area contributed by atoms with E-state index in [1.165, 1.54) is 0 Å². The van der Waals surface area contributed by atoms with Crippen LogP contribution in [0.1, 0.15) is 24.0 Å². The van der Waals surface area contributed by atoms with Crippen molar-refractivity contribution >= 4 is 11.6 Å². The summed E-state index contributed by atoms with van der Waals surface area (Å²) in [5.41, 5.74) is 2.16. The largest absolute Gasteiger partial charge is 0.315 e. The van der Waals surface area contributed by atoms with Crippen LogP contribution >= 0.6 is 0 Å². The molecule has 1 aliphatic carbocycles. The Hall–Kier alpha value is -2.60. The van der Waals surface area contributed by atoms with Crippen molar-refractivity contribution < 1.29 is 4.79 Å². The van der Waals surface area contributed by atoms with Gasteiger partial charge in [0.05, 0.1) is 17.0 Å². The molecule has 0 aromatic heterocycles. The van der Waals surface area contributed by atoms with E-state index in [-0.39, 0.29) is 11.3 Å². The average Bonchev–Trinajstić information content (AvgIpc) is 3.36. The van der Waals surface area contributed by atoms with Crippen molar-refractivity contribution in [2.75, 3.05) is 11.9 Å². The van der Waals surface area contributed by atoms with Crippen molar-refractivity contribution in [3.8, 4) is 6.07 Å². The topological polar surface area (TPSA) is 44.1 Å². The summed E-state index contributed by atoms with van der Waals surface area (Å²) in [5, 5.41) is 8.83. The molecule has 0 atom stereocenters. The lowest BCUT2D eigenvalue weighted by Gasteiger charge is -2.24. The molecule has 0 aliphatic heterocycles. The number of carbonyl (C=O) groups excluding carboxylic acids is 1. The Balaban J connectivity index is 1.86. The molecule has 0 radical (unpaired) electrons. The molecule has 1 fully saturated rings. The number of carbonyl (C=O) groups is 1. The molecule has 0 heterocycles. The molecule has 0 saturated heterocycles. The number of likely N-dealkylation sites (N-methyl/N-ethyl adjacent to an activating group) is 1. The van der Waals surface area contributed by atoms with Crippen LogP contribution in [0.15, 0.2) is 54.6 Å². The SMILES string of the molecule is CN(C(=O)C1(c2ccccc2)CC1)c1ccc(C#N)cc1. The third kappa shape index (κ3) is 2.30. The van der Waals surface area contributed by atoms with Crippen molar-refractivity contribution in [1.29, 1.82) is 5.26 Å². The molecule has 1 aliphatic rings. The molecule has 0 N–H and O–H groups in total. The van der Waals surface area contributed by atoms with E-state index in [9.17, 15) is 4.79 Å². The molecule has 1 amide bonds. The highest BCUT2D eigenvalue weighted by Gasteiger charge is 2.52. The zero-order valence-corrected chi connectivity index (χ0v) is 11.9. The first-order valence-corrected chi connectivity index (χ1v) is 7.01. The molecule has 3 rings (SSSR count). The lowest BCUT2D eigenvalue weighted by Crippen LogP contribution is -2.36. The summed E-state index contributed by atoms with van der Waals surface area (Å²) < 4.78 is 0. The van der Waals surface area contributed by atoms with Crippen LogP contribution < -0.4 is 4.90 Å². The van der Waals surface area contributed by atoms with Crippen LogP contribution in [-0.4, -0.2) is 13.0 Å². The van der Waals surface area contributed by atoms with Crippen molar-refractivity contribution in [2.45, 2.75) is 18.3 Å². The number of nitrogens with zero attached hydrogens (tertiary/aromatic N) is 2. The highest BCUT2D eigenvalue weighted by Crippen LogP contribution is 2.49. The Morgan fingerprint density at radius 2 is 1.71 bits per heavy atom. The van der Waals surface area contributed by atoms with E-state index in [0.29, 0.717) is 5.56 Å². The molecule has 0 unspecified atom stereocenters. The Morgan fingerprint density at radius 3 is 2.24 bits per heavy atom. The maximum atomic E-state index is 12.8. The fourth-order valence-corrected chi connectivity index (χ4v) is 2.71. The first-order valence-electron chi connectivity index (χ1n) is 7.01. The minimum atomic E-state index is -0.357. The first-order chi connectivity index (χ1) is 10.2. The molecule has 3 nitrogen and oxygen atoms in total. The van der Waals surface area contributed by atoms with E-state index in [2.05, 4.69) is 6.07 Å². The second-order valence-corrected chi connectivity index (χ2v) is 5.47. The molecule has 1 saturated carbocycles. The molecule has 104 valence electrons. The van der Waals surface area contributed by atoms with Crippen LogP contribution in [0.5, 0.6) is 0 Å². The molecule has 2 aromatic rings. The zero-order chi connectivity index (χ0) is 14.9. The number of hydrogen-bond acceptors (Lipinski definition) is 2. The van der Waals surface area contributed by atoms with Crippen LogP contribution in [-0.2, 0) is 10.2 Å². The summed E-state index contributed by atoms with van der Waals surface area (Å²) in [7, 11) is 1.80. The van der Waals surface area contributed by atoms with Gasteiger partial charge in [-0.3, -0.25) is 4.79 Å². The molecule has 21 heavy (non-hydrogen) atoms. The number of benzene rings is 2. The fraction of sp³-hybridized carbons (Fsp3) is 0.222. The van der Waals surface area contributed by atoms with Gasteiger partial charge in [-0.2, -0.15) is 5.26 Å². The highest BCUT2D eigenvalue weighted by atomic mass is 16.2. The van der Waals surface area contributed by atoms with Crippen LogP contribution in [0.25, 0.3) is 0 Å². The highest BCUT2D eigenvalue weighted by molar-refractivity contribution is 6.02. The van der Waals surface area contributed by atoms with E-state index in [1.807, 2.05) is 42.5 Å². The molecule has 0 spiro atoms. The molecule has 3 heteroatoms. The van der Waals surface area contributed by atoms with Gasteiger partial charge in [0.25, 0.3) is 0 Å². The summed E-state index contributed by atoms with van der Waals surface area (Å²) in [6, 6.07) is 19.2. The van der Waals surface area contributed by atoms with Gasteiger partial charge in [-0.1, -0.05) is 30.3 Å². The number of rotatable bonds is 3. The quantitative estimate of drug-likeness (QED) is 0.863. The summed E-state index contributed by atoms with van der Waals surface area (Å²) >= 11 is 0. The summed E-state index contributed by atoms with van der Waals surface area (Å²) in [4.78, 5) is 14.5. The van der Waals surface area contributed by atoms with Gasteiger partial charge in [-0.25, -0.2) is 0 Å². The number of nitriles is 1. The van der Waals surface area contributed by atoms with Gasteiger partial charge in [0.2, 0.25) is 5.91 Å². The van der Waals surface area contributed by atoms with Crippen LogP contribution in [0.4, 0.5) is 5.69 Å². The van der Waals surface area contributed by atoms with Gasteiger partial charge in [0, 0.05) is 12.7 Å². The second kappa shape index (κ2) is 5.06. The Morgan fingerprint density at radius 1 is 1.10 bits per heavy atom. The lowest BCUT2D eigenvalue weighted by atomic mass is 9.94. The van der Waals surface area contributed by atoms with Gasteiger partial charge in [-0.05, 0) is 42.7 Å². The third-order valence-corrected chi connectivity index (χ3v) is 4.17. The third-order valence-electron chi connectivity index (χ3n) is 4.17. The van der Waals surface area contributed by atoms with E-state index >= 15 is 0 Å². The van der Waals surface area contributed by atoms with Gasteiger partial charge in [-0.15, -0.1) is 0 Å². The second-order valence-electron chi connectivity index (χ2n) is 5.47. The van der Waals surface area contributed by atoms with Crippen molar-refractivity contribution in [3.05, 3.63) is 65.7 Å².